The first-order valence-corrected chi connectivity index (χ1v) is 13.5. The molecule has 0 spiro atoms. The fourth-order valence-corrected chi connectivity index (χ4v) is 4.20. The van der Waals surface area contributed by atoms with Gasteiger partial charge in [0.1, 0.15) is 24.7 Å². The van der Waals surface area contributed by atoms with Crippen molar-refractivity contribution in [3.63, 3.8) is 0 Å². The lowest BCUT2D eigenvalue weighted by Crippen LogP contribution is -2.49. The number of nitrogens with zero attached hydrogens (tertiary/aromatic N) is 5. The first kappa shape index (κ1) is 33.5. The molecule has 0 radical (unpaired) electrons. The molecule has 8 N–H and O–H groups in total. The molecule has 0 fully saturated rings. The van der Waals surface area contributed by atoms with Crippen LogP contribution in [-0.4, -0.2) is 82.6 Å². The Bertz CT molecular complexity index is 1260. The minimum absolute atomic E-state index is 0.163. The molecule has 1 aliphatic rings. The number of azide groups is 1. The number of hydrogen-bond donors (Lipinski definition) is 7. The van der Waals surface area contributed by atoms with Crippen molar-refractivity contribution >= 4 is 47.3 Å². The lowest BCUT2D eigenvalue weighted by atomic mass is 9.99. The third-order valence-corrected chi connectivity index (χ3v) is 6.76. The average Bonchev–Trinajstić information content (AvgIpc) is 3.71. The number of aliphatic carboxylic acids is 2. The van der Waals surface area contributed by atoms with Gasteiger partial charge in [-0.1, -0.05) is 29.4 Å². The van der Waals surface area contributed by atoms with Crippen molar-refractivity contribution in [1.82, 2.24) is 21.3 Å². The monoisotopic (exact) mass is 606 g/mol. The van der Waals surface area contributed by atoms with Gasteiger partial charge < -0.3 is 37.2 Å². The van der Waals surface area contributed by atoms with Gasteiger partial charge in [0.05, 0.1) is 12.4 Å². The second-order valence-electron chi connectivity index (χ2n) is 9.00. The highest BCUT2D eigenvalue weighted by Gasteiger charge is 2.36. The zero-order valence-corrected chi connectivity index (χ0v) is 23.2. The lowest BCUT2D eigenvalue weighted by Gasteiger charge is -2.20. The van der Waals surface area contributed by atoms with Crippen molar-refractivity contribution in [1.29, 1.82) is 0 Å². The SMILES string of the molecule is CC1(c2ccc(C(NC(=O)CSCC(NC(=O)CCC(N)C(=O)O)C(=O)NCC(=O)O)C(=O)NCN=[N+]=[N-])cc2)N=N1. The maximum atomic E-state index is 12.8. The summed E-state index contributed by atoms with van der Waals surface area (Å²) in [5, 5.41) is 38.3. The van der Waals surface area contributed by atoms with Crippen molar-refractivity contribution in [3.8, 4) is 0 Å². The van der Waals surface area contributed by atoms with Gasteiger partial charge in [-0.25, -0.2) is 0 Å². The molecule has 0 saturated carbocycles. The largest absolute Gasteiger partial charge is 0.480 e. The van der Waals surface area contributed by atoms with Gasteiger partial charge in [0.25, 0.3) is 0 Å². The highest BCUT2D eigenvalue weighted by Crippen LogP contribution is 2.38. The van der Waals surface area contributed by atoms with Gasteiger partial charge in [-0.15, -0.1) is 11.8 Å². The Balaban J connectivity index is 2.03. The number of amides is 4. The van der Waals surface area contributed by atoms with Gasteiger partial charge in [0.2, 0.25) is 29.3 Å². The molecule has 2 rings (SSSR count). The molecule has 3 unspecified atom stereocenters. The van der Waals surface area contributed by atoms with Crippen LogP contribution in [-0.2, 0) is 34.4 Å². The van der Waals surface area contributed by atoms with Crippen molar-refractivity contribution in [2.45, 2.75) is 43.6 Å². The van der Waals surface area contributed by atoms with Gasteiger partial charge >= 0.3 is 11.9 Å². The minimum Gasteiger partial charge on any atom is -0.480 e. The normalized spacial score (nSPS) is 14.7. The summed E-state index contributed by atoms with van der Waals surface area (Å²) in [6.45, 7) is 0.731. The number of thioether (sulfide) groups is 1. The summed E-state index contributed by atoms with van der Waals surface area (Å²) in [5.74, 6) is -5.86. The molecule has 0 aliphatic carbocycles. The number of carbonyl (C=O) groups is 6. The summed E-state index contributed by atoms with van der Waals surface area (Å²) in [4.78, 5) is 74.5. The highest BCUT2D eigenvalue weighted by atomic mass is 32.2. The number of hydrogen-bond acceptors (Lipinski definition) is 11. The van der Waals surface area contributed by atoms with Crippen molar-refractivity contribution in [2.24, 2.45) is 21.1 Å². The molecule has 0 aromatic heterocycles. The van der Waals surface area contributed by atoms with Gasteiger partial charge in [-0.3, -0.25) is 28.8 Å². The molecule has 0 bridgehead atoms. The van der Waals surface area contributed by atoms with E-state index in [9.17, 15) is 28.8 Å². The van der Waals surface area contributed by atoms with Gasteiger partial charge in [-0.05, 0) is 24.4 Å². The summed E-state index contributed by atoms with van der Waals surface area (Å²) in [5.41, 5.74) is 14.4. The van der Waals surface area contributed by atoms with E-state index in [1.165, 1.54) is 0 Å². The molecule has 18 nitrogen and oxygen atoms in total. The van der Waals surface area contributed by atoms with Gasteiger partial charge in [0, 0.05) is 22.6 Å². The third-order valence-electron chi connectivity index (χ3n) is 5.73. The van der Waals surface area contributed by atoms with Gasteiger partial charge in [0.15, 0.2) is 0 Å². The zero-order chi connectivity index (χ0) is 31.3. The summed E-state index contributed by atoms with van der Waals surface area (Å²) >= 11 is 0.911. The summed E-state index contributed by atoms with van der Waals surface area (Å²) in [6, 6.07) is 2.92. The number of carboxylic acids is 2. The van der Waals surface area contributed by atoms with Crippen LogP contribution >= 0.6 is 11.8 Å². The number of benzene rings is 1. The smallest absolute Gasteiger partial charge is 0.322 e. The Morgan fingerprint density at radius 1 is 1.05 bits per heavy atom. The maximum absolute atomic E-state index is 12.8. The third kappa shape index (κ3) is 11.0. The van der Waals surface area contributed by atoms with Gasteiger partial charge in [-0.2, -0.15) is 10.2 Å². The van der Waals surface area contributed by atoms with Crippen molar-refractivity contribution < 1.29 is 39.0 Å². The molecule has 0 saturated heterocycles. The van der Waals surface area contributed by atoms with E-state index >= 15 is 0 Å². The molecule has 19 heteroatoms. The predicted molar refractivity (Wildman–Crippen MR) is 146 cm³/mol. The van der Waals surface area contributed by atoms with E-state index in [0.29, 0.717) is 5.56 Å². The van der Waals surface area contributed by atoms with E-state index < -0.39 is 65.9 Å². The van der Waals surface area contributed by atoms with Crippen LogP contribution in [0.4, 0.5) is 0 Å². The number of rotatable bonds is 18. The predicted octanol–water partition coefficient (Wildman–Crippen LogP) is -0.523. The topological polar surface area (TPSA) is 290 Å². The Morgan fingerprint density at radius 2 is 1.71 bits per heavy atom. The minimum atomic E-state index is -1.32. The second-order valence-corrected chi connectivity index (χ2v) is 10.0. The molecular formula is C23H30N10O8S. The van der Waals surface area contributed by atoms with E-state index in [1.54, 1.807) is 31.2 Å². The highest BCUT2D eigenvalue weighted by molar-refractivity contribution is 8.00. The number of carbonyl (C=O) groups excluding carboxylic acids is 4. The van der Waals surface area contributed by atoms with Crippen LogP contribution in [0.1, 0.15) is 36.9 Å². The van der Waals surface area contributed by atoms with Crippen LogP contribution in [0, 0.1) is 0 Å². The van der Waals surface area contributed by atoms with E-state index in [2.05, 4.69) is 41.5 Å². The van der Waals surface area contributed by atoms with Crippen LogP contribution in [0.3, 0.4) is 0 Å². The van der Waals surface area contributed by atoms with E-state index in [4.69, 9.17) is 21.5 Å². The molecule has 1 aliphatic heterocycles. The molecule has 1 aromatic carbocycles. The van der Waals surface area contributed by atoms with E-state index in [1.807, 2.05) is 0 Å². The first-order valence-electron chi connectivity index (χ1n) is 12.3. The Morgan fingerprint density at radius 3 is 2.29 bits per heavy atom. The first-order chi connectivity index (χ1) is 19.9. The van der Waals surface area contributed by atoms with Crippen LogP contribution in [0.2, 0.25) is 0 Å². The fourth-order valence-electron chi connectivity index (χ4n) is 3.35. The maximum Gasteiger partial charge on any atom is 0.322 e. The molecular weight excluding hydrogens is 576 g/mol. The average molecular weight is 607 g/mol. The van der Waals surface area contributed by atoms with E-state index in [0.717, 1.165) is 17.3 Å². The Kier molecular flexibility index (Phi) is 12.7. The van der Waals surface area contributed by atoms with Crippen LogP contribution in [0.25, 0.3) is 10.4 Å². The number of nitrogens with one attached hydrogen (secondary N) is 4. The molecule has 3 atom stereocenters. The molecule has 42 heavy (non-hydrogen) atoms. The summed E-state index contributed by atoms with van der Waals surface area (Å²) < 4.78 is 0. The number of nitrogens with two attached hydrogens (primary N) is 1. The molecule has 1 aromatic rings. The van der Waals surface area contributed by atoms with Crippen LogP contribution in [0.5, 0.6) is 0 Å². The van der Waals surface area contributed by atoms with Crippen molar-refractivity contribution in [3.05, 3.63) is 45.8 Å². The lowest BCUT2D eigenvalue weighted by molar-refractivity contribution is -0.139. The Hall–Kier alpha value is -4.74. The van der Waals surface area contributed by atoms with Crippen LogP contribution in [0.15, 0.2) is 39.6 Å². The number of carboxylic acid groups (broad SMARTS) is 2. The summed E-state index contributed by atoms with van der Waals surface area (Å²) in [6.07, 6.45) is -0.513. The Labute approximate surface area is 242 Å². The molecule has 1 heterocycles. The zero-order valence-electron chi connectivity index (χ0n) is 22.3. The molecule has 4 amide bonds. The van der Waals surface area contributed by atoms with Crippen molar-refractivity contribution in [2.75, 3.05) is 24.7 Å². The van der Waals surface area contributed by atoms with Crippen LogP contribution < -0.4 is 27.0 Å². The fraction of sp³-hybridized carbons (Fsp3) is 0.478. The standard InChI is InChI=1S/C23H30N10O8S/c1-23(31-32-23)13-4-2-12(3-5-13)19(21(39)27-11-28-33-25)30-17(35)10-42-9-15(20(38)26-8-18(36)37)29-16(34)7-6-14(24)22(40)41/h2-5,14-15,19H,6-11,24H2,1H3,(H,26,38)(H,27,39)(H,29,34)(H,30,35)(H,36,37)(H,40,41). The summed E-state index contributed by atoms with van der Waals surface area (Å²) in [7, 11) is 0. The second kappa shape index (κ2) is 15.9. The molecule has 226 valence electrons. The quantitative estimate of drug-likeness (QED) is 0.0637. The van der Waals surface area contributed by atoms with E-state index in [-0.39, 0.29) is 31.0 Å².